The number of amides is 1. The van der Waals surface area contributed by atoms with Crippen molar-refractivity contribution in [2.45, 2.75) is 0 Å². The van der Waals surface area contributed by atoms with Gasteiger partial charge in [0, 0.05) is 6.20 Å². The van der Waals surface area contributed by atoms with Gasteiger partial charge in [-0.3, -0.25) is 9.78 Å². The molecule has 92 valence electrons. The quantitative estimate of drug-likeness (QED) is 0.896. The van der Waals surface area contributed by atoms with Gasteiger partial charge in [-0.05, 0) is 34.1 Å². The molecule has 6 heteroatoms. The molecule has 1 amide bonds. The van der Waals surface area contributed by atoms with Crippen molar-refractivity contribution in [3.05, 3.63) is 52.5 Å². The number of aromatic nitrogens is 1. The summed E-state index contributed by atoms with van der Waals surface area (Å²) in [4.78, 5) is 15.7. The number of hydrogen-bond acceptors (Lipinski definition) is 3. The van der Waals surface area contributed by atoms with Gasteiger partial charge in [0.25, 0.3) is 5.91 Å². The number of benzene rings is 1. The number of nitrogens with two attached hydrogens (primary N) is 1. The summed E-state index contributed by atoms with van der Waals surface area (Å²) >= 11 is 3.02. The molecule has 0 radical (unpaired) electrons. The maximum absolute atomic E-state index is 13.7. The van der Waals surface area contributed by atoms with Crippen molar-refractivity contribution >= 4 is 33.2 Å². The second kappa shape index (κ2) is 5.14. The number of nitrogens with one attached hydrogen (secondary N) is 1. The Morgan fingerprint density at radius 3 is 2.89 bits per heavy atom. The Hall–Kier alpha value is -1.95. The maximum Gasteiger partial charge on any atom is 0.258 e. The summed E-state index contributed by atoms with van der Waals surface area (Å²) in [6.07, 6.45) is 2.90. The van der Waals surface area contributed by atoms with Crippen molar-refractivity contribution in [1.29, 1.82) is 0 Å². The lowest BCUT2D eigenvalue weighted by Gasteiger charge is -2.08. The zero-order valence-corrected chi connectivity index (χ0v) is 10.7. The molecule has 0 saturated carbocycles. The van der Waals surface area contributed by atoms with Gasteiger partial charge in [0.2, 0.25) is 0 Å². The highest BCUT2D eigenvalue weighted by atomic mass is 79.9. The van der Waals surface area contributed by atoms with Crippen LogP contribution in [0, 0.1) is 5.82 Å². The molecule has 0 atom stereocenters. The van der Waals surface area contributed by atoms with E-state index in [2.05, 4.69) is 26.2 Å². The lowest BCUT2D eigenvalue weighted by atomic mass is 10.2. The van der Waals surface area contributed by atoms with Crippen molar-refractivity contribution < 1.29 is 9.18 Å². The Kier molecular flexibility index (Phi) is 3.57. The topological polar surface area (TPSA) is 68.0 Å². The molecule has 0 spiro atoms. The number of nitrogens with zero attached hydrogens (tertiary/aromatic N) is 1. The fourth-order valence-corrected chi connectivity index (χ4v) is 1.76. The molecule has 1 heterocycles. The standard InChI is InChI=1S/C12H9BrFN3O/c13-8-3-1-2-7(11(8)14)12(18)17-10-4-5-16-6-9(10)15/h1-6H,15H2,(H,16,17,18). The van der Waals surface area contributed by atoms with E-state index in [-0.39, 0.29) is 10.0 Å². The van der Waals surface area contributed by atoms with Crippen LogP contribution in [-0.2, 0) is 0 Å². The lowest BCUT2D eigenvalue weighted by molar-refractivity contribution is 0.102. The van der Waals surface area contributed by atoms with E-state index in [1.807, 2.05) is 0 Å². The van der Waals surface area contributed by atoms with E-state index in [1.54, 1.807) is 12.1 Å². The first-order valence-electron chi connectivity index (χ1n) is 5.04. The molecule has 0 fully saturated rings. The van der Waals surface area contributed by atoms with Crippen LogP contribution in [0.4, 0.5) is 15.8 Å². The Morgan fingerprint density at radius 1 is 1.39 bits per heavy atom. The SMILES string of the molecule is Nc1cnccc1NC(=O)c1cccc(Br)c1F. The molecule has 0 bridgehead atoms. The van der Waals surface area contributed by atoms with Gasteiger partial charge >= 0.3 is 0 Å². The molecule has 0 saturated heterocycles. The van der Waals surface area contributed by atoms with E-state index < -0.39 is 11.7 Å². The van der Waals surface area contributed by atoms with Crippen molar-refractivity contribution in [3.8, 4) is 0 Å². The molecule has 0 unspecified atom stereocenters. The maximum atomic E-state index is 13.7. The third-order valence-corrected chi connectivity index (χ3v) is 2.91. The molecule has 1 aromatic heterocycles. The Balaban J connectivity index is 2.28. The van der Waals surface area contributed by atoms with Crippen molar-refractivity contribution in [1.82, 2.24) is 4.98 Å². The highest BCUT2D eigenvalue weighted by Gasteiger charge is 2.14. The van der Waals surface area contributed by atoms with Crippen LogP contribution < -0.4 is 11.1 Å². The van der Waals surface area contributed by atoms with Gasteiger partial charge in [-0.25, -0.2) is 4.39 Å². The Labute approximate surface area is 111 Å². The summed E-state index contributed by atoms with van der Waals surface area (Å²) in [5.41, 5.74) is 6.30. The van der Waals surface area contributed by atoms with Crippen LogP contribution in [-0.4, -0.2) is 10.9 Å². The van der Waals surface area contributed by atoms with Crippen LogP contribution in [0.15, 0.2) is 41.1 Å². The second-order valence-corrected chi connectivity index (χ2v) is 4.37. The van der Waals surface area contributed by atoms with Crippen LogP contribution >= 0.6 is 15.9 Å². The fourth-order valence-electron chi connectivity index (χ4n) is 1.39. The minimum absolute atomic E-state index is 0.0550. The summed E-state index contributed by atoms with van der Waals surface area (Å²) in [7, 11) is 0. The summed E-state index contributed by atoms with van der Waals surface area (Å²) < 4.78 is 13.9. The summed E-state index contributed by atoms with van der Waals surface area (Å²) in [6, 6.07) is 6.04. The van der Waals surface area contributed by atoms with E-state index in [0.29, 0.717) is 11.4 Å². The number of hydrogen-bond donors (Lipinski definition) is 2. The largest absolute Gasteiger partial charge is 0.396 e. The van der Waals surface area contributed by atoms with Crippen LogP contribution in [0.25, 0.3) is 0 Å². The second-order valence-electron chi connectivity index (χ2n) is 3.52. The van der Waals surface area contributed by atoms with Crippen LogP contribution in [0.1, 0.15) is 10.4 Å². The van der Waals surface area contributed by atoms with E-state index in [0.717, 1.165) is 0 Å². The van der Waals surface area contributed by atoms with E-state index >= 15 is 0 Å². The first-order valence-corrected chi connectivity index (χ1v) is 5.83. The molecule has 0 aliphatic rings. The number of carbonyl (C=O) groups is 1. The minimum Gasteiger partial charge on any atom is -0.396 e. The minimum atomic E-state index is -0.609. The number of carbonyl (C=O) groups excluding carboxylic acids is 1. The van der Waals surface area contributed by atoms with Crippen molar-refractivity contribution in [2.75, 3.05) is 11.1 Å². The smallest absolute Gasteiger partial charge is 0.258 e. The Morgan fingerprint density at radius 2 is 2.17 bits per heavy atom. The zero-order chi connectivity index (χ0) is 13.1. The molecule has 3 N–H and O–H groups in total. The summed E-state index contributed by atoms with van der Waals surface area (Å²) in [6.45, 7) is 0. The molecule has 4 nitrogen and oxygen atoms in total. The molecule has 2 rings (SSSR count). The van der Waals surface area contributed by atoms with Crippen molar-refractivity contribution in [3.63, 3.8) is 0 Å². The van der Waals surface area contributed by atoms with Crippen molar-refractivity contribution in [2.24, 2.45) is 0 Å². The average Bonchev–Trinajstić information content (AvgIpc) is 2.35. The van der Waals surface area contributed by atoms with Crippen LogP contribution in [0.3, 0.4) is 0 Å². The molecular formula is C12H9BrFN3O. The third kappa shape index (κ3) is 2.48. The molecule has 18 heavy (non-hydrogen) atoms. The average molecular weight is 310 g/mol. The molecule has 1 aromatic carbocycles. The fraction of sp³-hybridized carbons (Fsp3) is 0. The van der Waals surface area contributed by atoms with Gasteiger partial charge in [-0.15, -0.1) is 0 Å². The first kappa shape index (κ1) is 12.5. The summed E-state index contributed by atoms with van der Waals surface area (Å²) in [5, 5.41) is 2.53. The van der Waals surface area contributed by atoms with Gasteiger partial charge in [-0.2, -0.15) is 0 Å². The van der Waals surface area contributed by atoms with Gasteiger partial charge in [-0.1, -0.05) is 6.07 Å². The predicted octanol–water partition coefficient (Wildman–Crippen LogP) is 2.82. The normalized spacial score (nSPS) is 10.1. The molecule has 2 aromatic rings. The van der Waals surface area contributed by atoms with Gasteiger partial charge in [0.05, 0.1) is 27.6 Å². The number of nitrogen functional groups attached to an aromatic ring is 1. The van der Waals surface area contributed by atoms with Crippen LogP contribution in [0.2, 0.25) is 0 Å². The number of anilines is 2. The summed E-state index contributed by atoms with van der Waals surface area (Å²) in [5.74, 6) is -1.17. The highest BCUT2D eigenvalue weighted by Crippen LogP contribution is 2.21. The van der Waals surface area contributed by atoms with Gasteiger partial charge in [0.15, 0.2) is 0 Å². The number of halogens is 2. The van der Waals surface area contributed by atoms with Gasteiger partial charge < -0.3 is 11.1 Å². The lowest BCUT2D eigenvalue weighted by Crippen LogP contribution is -2.15. The third-order valence-electron chi connectivity index (χ3n) is 2.30. The van der Waals surface area contributed by atoms with Crippen LogP contribution in [0.5, 0.6) is 0 Å². The Bertz CT molecular complexity index is 604. The number of rotatable bonds is 2. The number of pyridine rings is 1. The monoisotopic (exact) mass is 309 g/mol. The highest BCUT2D eigenvalue weighted by molar-refractivity contribution is 9.10. The molecule has 0 aliphatic carbocycles. The van der Waals surface area contributed by atoms with E-state index in [4.69, 9.17) is 5.73 Å². The van der Waals surface area contributed by atoms with E-state index in [9.17, 15) is 9.18 Å². The molecule has 0 aliphatic heterocycles. The molecular weight excluding hydrogens is 301 g/mol. The predicted molar refractivity (Wildman–Crippen MR) is 70.7 cm³/mol. The zero-order valence-electron chi connectivity index (χ0n) is 9.15. The first-order chi connectivity index (χ1) is 8.59. The van der Waals surface area contributed by atoms with Gasteiger partial charge in [0.1, 0.15) is 5.82 Å². The van der Waals surface area contributed by atoms with E-state index in [1.165, 1.54) is 24.5 Å².